The average molecular weight is 395 g/mol. The number of rotatable bonds is 4. The number of aliphatic hydroxyl groups excluding tert-OH is 1. The largest absolute Gasteiger partial charge is 0.392 e. The lowest BCUT2D eigenvalue weighted by Gasteiger charge is -2.32. The zero-order valence-corrected chi connectivity index (χ0v) is 16.9. The van der Waals surface area contributed by atoms with Gasteiger partial charge in [0.1, 0.15) is 11.5 Å². The van der Waals surface area contributed by atoms with Crippen LogP contribution in [0.4, 0.5) is 0 Å². The SMILES string of the molecule is Cc1noc(C)c1-c1nc([C@H]2CCCN(C(=O)c3ccn(C)n3)C2)ccc1CO. The Kier molecular flexibility index (Phi) is 5.19. The number of aliphatic hydroxyl groups is 1. The Bertz CT molecular complexity index is 1020. The predicted molar refractivity (Wildman–Crippen MR) is 106 cm³/mol. The average Bonchev–Trinajstić information content (AvgIpc) is 3.32. The molecule has 8 heteroatoms. The molecule has 1 N–H and O–H groups in total. The van der Waals surface area contributed by atoms with Crippen molar-refractivity contribution in [1.82, 2.24) is 24.8 Å². The maximum absolute atomic E-state index is 12.8. The molecule has 0 spiro atoms. The lowest BCUT2D eigenvalue weighted by Crippen LogP contribution is -2.39. The minimum Gasteiger partial charge on any atom is -0.392 e. The number of nitrogens with zero attached hydrogens (tertiary/aromatic N) is 5. The summed E-state index contributed by atoms with van der Waals surface area (Å²) in [5, 5.41) is 18.1. The van der Waals surface area contributed by atoms with Crippen molar-refractivity contribution in [2.45, 2.75) is 39.2 Å². The first-order chi connectivity index (χ1) is 14.0. The van der Waals surface area contributed by atoms with Gasteiger partial charge < -0.3 is 14.5 Å². The van der Waals surface area contributed by atoms with Gasteiger partial charge in [-0.05, 0) is 38.8 Å². The highest BCUT2D eigenvalue weighted by Crippen LogP contribution is 2.32. The molecule has 0 aliphatic carbocycles. The predicted octanol–water partition coefficient (Wildman–Crippen LogP) is 2.60. The van der Waals surface area contributed by atoms with Crippen molar-refractivity contribution < 1.29 is 14.4 Å². The van der Waals surface area contributed by atoms with Crippen molar-refractivity contribution in [3.63, 3.8) is 0 Å². The Morgan fingerprint density at radius 3 is 2.79 bits per heavy atom. The van der Waals surface area contributed by atoms with Gasteiger partial charge in [0.2, 0.25) is 0 Å². The summed E-state index contributed by atoms with van der Waals surface area (Å²) < 4.78 is 6.94. The van der Waals surface area contributed by atoms with E-state index >= 15 is 0 Å². The van der Waals surface area contributed by atoms with Crippen LogP contribution in [0.2, 0.25) is 0 Å². The number of piperidine rings is 1. The molecule has 152 valence electrons. The third-order valence-electron chi connectivity index (χ3n) is 5.50. The summed E-state index contributed by atoms with van der Waals surface area (Å²) in [5.74, 6) is 0.758. The third kappa shape index (κ3) is 3.67. The number of aryl methyl sites for hydroxylation is 3. The molecule has 1 amide bonds. The quantitative estimate of drug-likeness (QED) is 0.729. The molecule has 1 aliphatic rings. The van der Waals surface area contributed by atoms with Gasteiger partial charge in [-0.15, -0.1) is 0 Å². The van der Waals surface area contributed by atoms with Crippen molar-refractivity contribution in [2.75, 3.05) is 13.1 Å². The number of carbonyl (C=O) groups excluding carboxylic acids is 1. The summed E-state index contributed by atoms with van der Waals surface area (Å²) in [4.78, 5) is 19.5. The van der Waals surface area contributed by atoms with Crippen molar-refractivity contribution in [1.29, 1.82) is 0 Å². The van der Waals surface area contributed by atoms with Crippen LogP contribution < -0.4 is 0 Å². The van der Waals surface area contributed by atoms with Crippen LogP contribution in [0.15, 0.2) is 28.9 Å². The van der Waals surface area contributed by atoms with E-state index < -0.39 is 0 Å². The molecule has 8 nitrogen and oxygen atoms in total. The zero-order chi connectivity index (χ0) is 20.5. The van der Waals surface area contributed by atoms with E-state index in [2.05, 4.69) is 10.3 Å². The first kappa shape index (κ1) is 19.3. The number of hydrogen-bond acceptors (Lipinski definition) is 6. The Hall–Kier alpha value is -3.00. The molecule has 1 saturated heterocycles. The van der Waals surface area contributed by atoms with E-state index in [0.717, 1.165) is 41.9 Å². The summed E-state index contributed by atoms with van der Waals surface area (Å²) in [6.07, 6.45) is 3.64. The van der Waals surface area contributed by atoms with E-state index in [-0.39, 0.29) is 18.4 Å². The third-order valence-corrected chi connectivity index (χ3v) is 5.50. The zero-order valence-electron chi connectivity index (χ0n) is 16.9. The fourth-order valence-electron chi connectivity index (χ4n) is 3.99. The molecule has 1 atom stereocenters. The lowest BCUT2D eigenvalue weighted by atomic mass is 9.92. The molecule has 0 unspecified atom stereocenters. The summed E-state index contributed by atoms with van der Waals surface area (Å²) in [6.45, 7) is 4.93. The summed E-state index contributed by atoms with van der Waals surface area (Å²) in [5.41, 5.74) is 4.39. The number of amides is 1. The maximum Gasteiger partial charge on any atom is 0.274 e. The van der Waals surface area contributed by atoms with Gasteiger partial charge in [-0.25, -0.2) is 0 Å². The fourth-order valence-corrected chi connectivity index (χ4v) is 3.99. The van der Waals surface area contributed by atoms with Crippen LogP contribution in [0.5, 0.6) is 0 Å². The van der Waals surface area contributed by atoms with Crippen LogP contribution in [-0.2, 0) is 13.7 Å². The normalized spacial score (nSPS) is 17.0. The Balaban J connectivity index is 1.63. The second-order valence-electron chi connectivity index (χ2n) is 7.57. The van der Waals surface area contributed by atoms with E-state index in [1.807, 2.05) is 30.9 Å². The molecule has 1 aliphatic heterocycles. The van der Waals surface area contributed by atoms with Crippen molar-refractivity contribution in [2.24, 2.45) is 7.05 Å². The molecule has 0 saturated carbocycles. The first-order valence-corrected chi connectivity index (χ1v) is 9.80. The van der Waals surface area contributed by atoms with Crippen LogP contribution in [0, 0.1) is 13.8 Å². The fraction of sp³-hybridized carbons (Fsp3) is 0.429. The highest BCUT2D eigenvalue weighted by Gasteiger charge is 2.28. The van der Waals surface area contributed by atoms with Gasteiger partial charge in [0.15, 0.2) is 0 Å². The molecular weight excluding hydrogens is 370 g/mol. The smallest absolute Gasteiger partial charge is 0.274 e. The van der Waals surface area contributed by atoms with Crippen LogP contribution in [0.3, 0.4) is 0 Å². The van der Waals surface area contributed by atoms with Gasteiger partial charge in [-0.3, -0.25) is 14.5 Å². The molecule has 3 aromatic heterocycles. The second kappa shape index (κ2) is 7.79. The van der Waals surface area contributed by atoms with Crippen LogP contribution in [-0.4, -0.2) is 48.9 Å². The van der Waals surface area contributed by atoms with Crippen LogP contribution in [0.1, 0.15) is 52.0 Å². The van der Waals surface area contributed by atoms with Gasteiger partial charge in [0.25, 0.3) is 5.91 Å². The molecule has 4 rings (SSSR count). The number of aromatic nitrogens is 4. The van der Waals surface area contributed by atoms with Crippen molar-refractivity contribution in [3.8, 4) is 11.3 Å². The molecular formula is C21H25N5O3. The number of carbonyl (C=O) groups is 1. The number of likely N-dealkylation sites (tertiary alicyclic amines) is 1. The van der Waals surface area contributed by atoms with Crippen molar-refractivity contribution in [3.05, 3.63) is 52.8 Å². The highest BCUT2D eigenvalue weighted by atomic mass is 16.5. The van der Waals surface area contributed by atoms with Crippen LogP contribution in [0.25, 0.3) is 11.3 Å². The molecule has 29 heavy (non-hydrogen) atoms. The molecule has 0 aromatic carbocycles. The highest BCUT2D eigenvalue weighted by molar-refractivity contribution is 5.92. The van der Waals surface area contributed by atoms with E-state index in [4.69, 9.17) is 9.51 Å². The topological polar surface area (TPSA) is 97.3 Å². The van der Waals surface area contributed by atoms with E-state index in [1.165, 1.54) is 0 Å². The van der Waals surface area contributed by atoms with E-state index in [0.29, 0.717) is 23.7 Å². The van der Waals surface area contributed by atoms with Crippen LogP contribution >= 0.6 is 0 Å². The van der Waals surface area contributed by atoms with Gasteiger partial charge in [-0.1, -0.05) is 11.2 Å². The molecule has 3 aromatic rings. The lowest BCUT2D eigenvalue weighted by molar-refractivity contribution is 0.0699. The Labute approximate surface area is 169 Å². The van der Waals surface area contributed by atoms with E-state index in [9.17, 15) is 9.90 Å². The van der Waals surface area contributed by atoms with Crippen molar-refractivity contribution >= 4 is 5.91 Å². The summed E-state index contributed by atoms with van der Waals surface area (Å²) in [7, 11) is 1.80. The van der Waals surface area contributed by atoms with Gasteiger partial charge in [0, 0.05) is 43.5 Å². The summed E-state index contributed by atoms with van der Waals surface area (Å²) in [6, 6.07) is 5.60. The molecule has 0 bridgehead atoms. The Morgan fingerprint density at radius 1 is 1.31 bits per heavy atom. The van der Waals surface area contributed by atoms with Gasteiger partial charge in [0.05, 0.1) is 23.6 Å². The van der Waals surface area contributed by atoms with E-state index in [1.54, 1.807) is 24.0 Å². The minimum atomic E-state index is -0.109. The molecule has 0 radical (unpaired) electrons. The second-order valence-corrected chi connectivity index (χ2v) is 7.57. The monoisotopic (exact) mass is 395 g/mol. The minimum absolute atomic E-state index is 0.0479. The standard InChI is InChI=1S/C21H25N5O3/c1-13-19(14(2)29-24-13)20-16(12-27)6-7-17(22-20)15-5-4-9-26(11-15)21(28)18-8-10-25(3)23-18/h6-8,10,15,27H,4-5,9,11-12H2,1-3H3/t15-/m0/s1. The van der Waals surface area contributed by atoms with Gasteiger partial charge >= 0.3 is 0 Å². The Morgan fingerprint density at radius 2 is 2.14 bits per heavy atom. The van der Waals surface area contributed by atoms with Gasteiger partial charge in [-0.2, -0.15) is 5.10 Å². The molecule has 4 heterocycles. The first-order valence-electron chi connectivity index (χ1n) is 9.80. The molecule has 1 fully saturated rings. The number of pyridine rings is 1. The number of hydrogen-bond donors (Lipinski definition) is 1. The maximum atomic E-state index is 12.8. The summed E-state index contributed by atoms with van der Waals surface area (Å²) >= 11 is 0.